The van der Waals surface area contributed by atoms with Crippen LogP contribution in [0.15, 0.2) is 29.3 Å². The van der Waals surface area contributed by atoms with E-state index in [1.54, 1.807) is 0 Å². The molecule has 1 aromatic carbocycles. The highest BCUT2D eigenvalue weighted by molar-refractivity contribution is 14.0. The van der Waals surface area contributed by atoms with E-state index in [1.165, 1.54) is 32.1 Å². The Bertz CT molecular complexity index is 714. The SMILES string of the molecule is CCNC(=O)c1ccc(CN=C(NCC)NCC2(N3CCOCC3)CCCCC2)cc1.I. The quantitative estimate of drug-likeness (QED) is 0.260. The molecule has 0 spiro atoms. The minimum Gasteiger partial charge on any atom is -0.379 e. The summed E-state index contributed by atoms with van der Waals surface area (Å²) in [5.74, 6) is 0.821. The zero-order valence-corrected chi connectivity index (χ0v) is 22.0. The number of benzene rings is 1. The van der Waals surface area contributed by atoms with Gasteiger partial charge in [0, 0.05) is 43.8 Å². The summed E-state index contributed by atoms with van der Waals surface area (Å²) in [4.78, 5) is 19.4. The van der Waals surface area contributed by atoms with Crippen LogP contribution in [0.4, 0.5) is 0 Å². The van der Waals surface area contributed by atoms with Gasteiger partial charge in [0.25, 0.3) is 5.91 Å². The lowest BCUT2D eigenvalue weighted by molar-refractivity contribution is -0.0352. The van der Waals surface area contributed by atoms with Crippen LogP contribution >= 0.6 is 24.0 Å². The summed E-state index contributed by atoms with van der Waals surface area (Å²) in [7, 11) is 0. The van der Waals surface area contributed by atoms with Crippen molar-refractivity contribution >= 4 is 35.8 Å². The van der Waals surface area contributed by atoms with E-state index in [4.69, 9.17) is 9.73 Å². The lowest BCUT2D eigenvalue weighted by atomic mass is 9.80. The topological polar surface area (TPSA) is 78.0 Å². The van der Waals surface area contributed by atoms with Crippen LogP contribution in [0.25, 0.3) is 0 Å². The van der Waals surface area contributed by atoms with Gasteiger partial charge < -0.3 is 20.7 Å². The number of halogens is 1. The first-order valence-corrected chi connectivity index (χ1v) is 11.9. The zero-order chi connectivity index (χ0) is 21.9. The molecular formula is C24H40IN5O2. The molecule has 0 unspecified atom stereocenters. The highest BCUT2D eigenvalue weighted by atomic mass is 127. The van der Waals surface area contributed by atoms with Crippen LogP contribution < -0.4 is 16.0 Å². The van der Waals surface area contributed by atoms with Gasteiger partial charge in [-0.15, -0.1) is 24.0 Å². The largest absolute Gasteiger partial charge is 0.379 e. The Hall–Kier alpha value is -1.39. The lowest BCUT2D eigenvalue weighted by Crippen LogP contribution is -2.60. The fourth-order valence-electron chi connectivity index (χ4n) is 4.64. The summed E-state index contributed by atoms with van der Waals surface area (Å²) in [6.07, 6.45) is 6.41. The molecular weight excluding hydrogens is 517 g/mol. The van der Waals surface area contributed by atoms with Crippen LogP contribution in [0.3, 0.4) is 0 Å². The molecule has 8 heteroatoms. The number of aliphatic imine (C=N–C) groups is 1. The molecule has 3 rings (SSSR count). The molecule has 1 heterocycles. The normalized spacial score (nSPS) is 19.0. The van der Waals surface area contributed by atoms with Crippen LogP contribution in [-0.2, 0) is 11.3 Å². The van der Waals surface area contributed by atoms with E-state index >= 15 is 0 Å². The molecule has 0 aromatic heterocycles. The average molecular weight is 558 g/mol. The summed E-state index contributed by atoms with van der Waals surface area (Å²) in [6, 6.07) is 7.69. The van der Waals surface area contributed by atoms with Gasteiger partial charge in [0.05, 0.1) is 19.8 Å². The number of amides is 1. The Morgan fingerprint density at radius 3 is 2.28 bits per heavy atom. The van der Waals surface area contributed by atoms with Gasteiger partial charge in [-0.05, 0) is 44.4 Å². The van der Waals surface area contributed by atoms with Crippen molar-refractivity contribution in [1.29, 1.82) is 0 Å². The Labute approximate surface area is 210 Å². The average Bonchev–Trinajstić information content (AvgIpc) is 2.82. The van der Waals surface area contributed by atoms with Crippen molar-refractivity contribution < 1.29 is 9.53 Å². The number of carbonyl (C=O) groups excluding carboxylic acids is 1. The third-order valence-electron chi connectivity index (χ3n) is 6.37. The van der Waals surface area contributed by atoms with Crippen molar-refractivity contribution in [3.8, 4) is 0 Å². The molecule has 3 N–H and O–H groups in total. The van der Waals surface area contributed by atoms with E-state index in [1.807, 2.05) is 31.2 Å². The van der Waals surface area contributed by atoms with Crippen molar-refractivity contribution in [2.75, 3.05) is 45.9 Å². The zero-order valence-electron chi connectivity index (χ0n) is 19.6. The molecule has 1 aliphatic heterocycles. The minimum absolute atomic E-state index is 0. The lowest BCUT2D eigenvalue weighted by Gasteiger charge is -2.48. The molecule has 1 aromatic rings. The molecule has 2 aliphatic rings. The third kappa shape index (κ3) is 7.59. The molecule has 2 fully saturated rings. The predicted octanol–water partition coefficient (Wildman–Crippen LogP) is 3.14. The molecule has 1 amide bonds. The summed E-state index contributed by atoms with van der Waals surface area (Å²) in [5, 5.41) is 9.86. The Kier molecular flexibility index (Phi) is 11.7. The van der Waals surface area contributed by atoms with Crippen molar-refractivity contribution in [2.45, 2.75) is 58.0 Å². The van der Waals surface area contributed by atoms with Crippen LogP contribution in [0.2, 0.25) is 0 Å². The van der Waals surface area contributed by atoms with Crippen LogP contribution in [0.5, 0.6) is 0 Å². The number of guanidine groups is 1. The van der Waals surface area contributed by atoms with Gasteiger partial charge in [-0.2, -0.15) is 0 Å². The molecule has 0 bridgehead atoms. The second-order valence-corrected chi connectivity index (χ2v) is 8.49. The van der Waals surface area contributed by atoms with Gasteiger partial charge in [0.15, 0.2) is 5.96 Å². The van der Waals surface area contributed by atoms with Crippen molar-refractivity contribution in [1.82, 2.24) is 20.9 Å². The molecule has 1 saturated carbocycles. The van der Waals surface area contributed by atoms with Gasteiger partial charge >= 0.3 is 0 Å². The molecule has 180 valence electrons. The number of morpholine rings is 1. The van der Waals surface area contributed by atoms with Crippen molar-refractivity contribution in [3.05, 3.63) is 35.4 Å². The Balaban J connectivity index is 0.00000363. The number of nitrogens with zero attached hydrogens (tertiary/aromatic N) is 2. The van der Waals surface area contributed by atoms with Gasteiger partial charge in [0.2, 0.25) is 0 Å². The summed E-state index contributed by atoms with van der Waals surface area (Å²) < 4.78 is 5.60. The summed E-state index contributed by atoms with van der Waals surface area (Å²) in [6.45, 7) is 10.7. The second-order valence-electron chi connectivity index (χ2n) is 8.49. The van der Waals surface area contributed by atoms with E-state index in [-0.39, 0.29) is 35.4 Å². The van der Waals surface area contributed by atoms with Gasteiger partial charge in [-0.1, -0.05) is 31.4 Å². The van der Waals surface area contributed by atoms with Gasteiger partial charge in [-0.25, -0.2) is 4.99 Å². The smallest absolute Gasteiger partial charge is 0.251 e. The fraction of sp³-hybridized carbons (Fsp3) is 0.667. The monoisotopic (exact) mass is 557 g/mol. The van der Waals surface area contributed by atoms with E-state index in [0.29, 0.717) is 18.7 Å². The van der Waals surface area contributed by atoms with Gasteiger partial charge in [-0.3, -0.25) is 9.69 Å². The number of nitrogens with one attached hydrogen (secondary N) is 3. The van der Waals surface area contributed by atoms with Crippen molar-refractivity contribution in [2.24, 2.45) is 4.99 Å². The van der Waals surface area contributed by atoms with Crippen LogP contribution in [0.1, 0.15) is 61.9 Å². The highest BCUT2D eigenvalue weighted by Crippen LogP contribution is 2.33. The number of rotatable bonds is 8. The summed E-state index contributed by atoms with van der Waals surface area (Å²) >= 11 is 0. The van der Waals surface area contributed by atoms with Crippen LogP contribution in [-0.4, -0.2) is 68.2 Å². The third-order valence-corrected chi connectivity index (χ3v) is 6.37. The first kappa shape index (κ1) is 26.9. The Morgan fingerprint density at radius 2 is 1.66 bits per heavy atom. The standard InChI is InChI=1S/C24H39N5O2.HI/c1-3-25-22(30)21-10-8-20(9-11-21)18-27-23(26-4-2)28-19-24(12-6-5-7-13-24)29-14-16-31-17-15-29;/h8-11H,3-7,12-19H2,1-2H3,(H,25,30)(H2,26,27,28);1H. The first-order valence-electron chi connectivity index (χ1n) is 11.9. The summed E-state index contributed by atoms with van der Waals surface area (Å²) in [5.41, 5.74) is 1.97. The van der Waals surface area contributed by atoms with E-state index < -0.39 is 0 Å². The fourth-order valence-corrected chi connectivity index (χ4v) is 4.64. The molecule has 0 atom stereocenters. The van der Waals surface area contributed by atoms with E-state index in [9.17, 15) is 4.79 Å². The molecule has 1 saturated heterocycles. The maximum Gasteiger partial charge on any atom is 0.251 e. The number of hydrogen-bond acceptors (Lipinski definition) is 4. The molecule has 0 radical (unpaired) electrons. The molecule has 7 nitrogen and oxygen atoms in total. The molecule has 1 aliphatic carbocycles. The maximum atomic E-state index is 11.9. The second kappa shape index (κ2) is 14.0. The predicted molar refractivity (Wildman–Crippen MR) is 141 cm³/mol. The number of ether oxygens (including phenoxy) is 1. The molecule has 32 heavy (non-hydrogen) atoms. The number of carbonyl (C=O) groups is 1. The number of hydrogen-bond donors (Lipinski definition) is 3. The van der Waals surface area contributed by atoms with E-state index in [2.05, 4.69) is 27.8 Å². The first-order chi connectivity index (χ1) is 15.2. The Morgan fingerprint density at radius 1 is 1.00 bits per heavy atom. The highest BCUT2D eigenvalue weighted by Gasteiger charge is 2.38. The van der Waals surface area contributed by atoms with Crippen LogP contribution in [0, 0.1) is 0 Å². The minimum atomic E-state index is -0.0338. The van der Waals surface area contributed by atoms with Crippen molar-refractivity contribution in [3.63, 3.8) is 0 Å². The van der Waals surface area contributed by atoms with Gasteiger partial charge in [0.1, 0.15) is 0 Å². The van der Waals surface area contributed by atoms with E-state index in [0.717, 1.165) is 50.9 Å². The maximum absolute atomic E-state index is 11.9.